The van der Waals surface area contributed by atoms with Crippen LogP contribution in [0.3, 0.4) is 0 Å². The number of carbonyl (C=O) groups is 1. The van der Waals surface area contributed by atoms with Crippen molar-refractivity contribution < 1.29 is 9.53 Å². The van der Waals surface area contributed by atoms with Crippen LogP contribution in [-0.2, 0) is 6.61 Å². The molecular weight excluding hydrogens is 326 g/mol. The van der Waals surface area contributed by atoms with E-state index in [1.807, 2.05) is 47.1 Å². The summed E-state index contributed by atoms with van der Waals surface area (Å²) in [5, 5.41) is 3.07. The monoisotopic (exact) mass is 349 g/mol. The molecule has 0 aliphatic heterocycles. The highest BCUT2D eigenvalue weighted by Crippen LogP contribution is 2.32. The van der Waals surface area contributed by atoms with Crippen LogP contribution in [0.25, 0.3) is 5.65 Å². The van der Waals surface area contributed by atoms with Crippen LogP contribution in [0, 0.1) is 12.8 Å². The van der Waals surface area contributed by atoms with Gasteiger partial charge in [-0.2, -0.15) is 0 Å². The first-order valence-corrected chi connectivity index (χ1v) is 9.06. The van der Waals surface area contributed by atoms with Gasteiger partial charge in [0.15, 0.2) is 0 Å². The van der Waals surface area contributed by atoms with Crippen LogP contribution in [-0.4, -0.2) is 21.3 Å². The molecule has 0 saturated heterocycles. The summed E-state index contributed by atoms with van der Waals surface area (Å²) in [4.78, 5) is 16.9. The molecule has 26 heavy (non-hydrogen) atoms. The number of aromatic nitrogens is 2. The second-order valence-electron chi connectivity index (χ2n) is 7.12. The number of imidazole rings is 1. The maximum absolute atomic E-state index is 12.4. The van der Waals surface area contributed by atoms with E-state index >= 15 is 0 Å². The molecule has 1 amide bonds. The molecule has 1 unspecified atom stereocenters. The van der Waals surface area contributed by atoms with Crippen LogP contribution < -0.4 is 10.1 Å². The van der Waals surface area contributed by atoms with E-state index in [1.54, 1.807) is 6.07 Å². The number of benzene rings is 1. The van der Waals surface area contributed by atoms with Crippen molar-refractivity contribution in [3.8, 4) is 5.75 Å². The number of nitrogens with zero attached hydrogens (tertiary/aromatic N) is 2. The van der Waals surface area contributed by atoms with Gasteiger partial charge in [0.1, 0.15) is 18.0 Å². The molecule has 4 rings (SSSR count). The number of pyridine rings is 1. The molecule has 1 aliphatic carbocycles. The fraction of sp³-hybridized carbons (Fsp3) is 0.333. The molecule has 1 saturated carbocycles. The van der Waals surface area contributed by atoms with Gasteiger partial charge < -0.3 is 14.5 Å². The Morgan fingerprint density at radius 3 is 2.96 bits per heavy atom. The Morgan fingerprint density at radius 2 is 2.15 bits per heavy atom. The third-order valence-electron chi connectivity index (χ3n) is 4.82. The van der Waals surface area contributed by atoms with E-state index < -0.39 is 0 Å². The smallest absolute Gasteiger partial charge is 0.251 e. The Hall–Kier alpha value is -2.82. The zero-order valence-electron chi connectivity index (χ0n) is 15.1. The van der Waals surface area contributed by atoms with Gasteiger partial charge in [0.05, 0.1) is 5.69 Å². The second-order valence-corrected chi connectivity index (χ2v) is 7.12. The maximum Gasteiger partial charge on any atom is 0.251 e. The third-order valence-corrected chi connectivity index (χ3v) is 4.82. The van der Waals surface area contributed by atoms with Crippen LogP contribution in [0.4, 0.5) is 0 Å². The Labute approximate surface area is 153 Å². The number of ether oxygens (including phenoxy) is 1. The zero-order chi connectivity index (χ0) is 18.1. The number of fused-ring (bicyclic) bond motifs is 1. The lowest BCUT2D eigenvalue weighted by molar-refractivity contribution is 0.0935. The van der Waals surface area contributed by atoms with Crippen LogP contribution in [0.5, 0.6) is 5.75 Å². The van der Waals surface area contributed by atoms with Gasteiger partial charge >= 0.3 is 0 Å². The first kappa shape index (κ1) is 16.6. The molecule has 5 heteroatoms. The minimum absolute atomic E-state index is 0.0435. The van der Waals surface area contributed by atoms with E-state index in [2.05, 4.69) is 24.1 Å². The molecule has 1 atom stereocenters. The molecular formula is C21H23N3O2. The minimum atomic E-state index is -0.0435. The van der Waals surface area contributed by atoms with Crippen molar-refractivity contribution in [2.24, 2.45) is 5.92 Å². The fourth-order valence-corrected chi connectivity index (χ4v) is 3.11. The van der Waals surface area contributed by atoms with Crippen LogP contribution in [0.15, 0.2) is 48.8 Å². The van der Waals surface area contributed by atoms with E-state index in [1.165, 1.54) is 18.4 Å². The Balaban J connectivity index is 1.41. The molecule has 5 nitrogen and oxygen atoms in total. The highest BCUT2D eigenvalue weighted by molar-refractivity contribution is 5.94. The van der Waals surface area contributed by atoms with Crippen LogP contribution in [0.2, 0.25) is 0 Å². The van der Waals surface area contributed by atoms with E-state index in [0.717, 1.165) is 11.3 Å². The Bertz CT molecular complexity index is 943. The van der Waals surface area contributed by atoms with Crippen molar-refractivity contribution in [1.82, 2.24) is 14.7 Å². The predicted octanol–water partition coefficient (Wildman–Crippen LogP) is 3.75. The molecule has 1 aromatic carbocycles. The predicted molar refractivity (Wildman–Crippen MR) is 100 cm³/mol. The van der Waals surface area contributed by atoms with Crippen molar-refractivity contribution >= 4 is 11.6 Å². The summed E-state index contributed by atoms with van der Waals surface area (Å²) in [6.07, 6.45) is 6.43. The topological polar surface area (TPSA) is 55.6 Å². The Morgan fingerprint density at radius 1 is 1.31 bits per heavy atom. The van der Waals surface area contributed by atoms with E-state index in [4.69, 9.17) is 4.74 Å². The number of hydrogen-bond acceptors (Lipinski definition) is 3. The highest BCUT2D eigenvalue weighted by Gasteiger charge is 2.29. The van der Waals surface area contributed by atoms with E-state index in [-0.39, 0.29) is 11.9 Å². The van der Waals surface area contributed by atoms with Gasteiger partial charge in [0, 0.05) is 24.0 Å². The molecule has 1 N–H and O–H groups in total. The SMILES string of the molecule is Cc1ccc2nc(COc3cccc(C(=O)NC(C)C4CC4)c3)cn2c1. The lowest BCUT2D eigenvalue weighted by Gasteiger charge is -2.13. The van der Waals surface area contributed by atoms with Crippen LogP contribution >= 0.6 is 0 Å². The van der Waals surface area contributed by atoms with E-state index in [0.29, 0.717) is 23.8 Å². The number of aryl methyl sites for hydroxylation is 1. The average molecular weight is 349 g/mol. The number of hydrogen-bond donors (Lipinski definition) is 1. The second kappa shape index (κ2) is 6.83. The van der Waals surface area contributed by atoms with Gasteiger partial charge in [-0.25, -0.2) is 4.98 Å². The quantitative estimate of drug-likeness (QED) is 0.737. The number of nitrogens with one attached hydrogen (secondary N) is 1. The summed E-state index contributed by atoms with van der Waals surface area (Å²) >= 11 is 0. The standard InChI is InChI=1S/C21H23N3O2/c1-14-6-9-20-23-18(12-24(20)11-14)13-26-19-5-3-4-17(10-19)21(25)22-15(2)16-7-8-16/h3-6,9-12,15-16H,7-8,13H2,1-2H3,(H,22,25). The third kappa shape index (κ3) is 3.72. The molecule has 1 fully saturated rings. The molecule has 2 aromatic heterocycles. The number of rotatable bonds is 6. The lowest BCUT2D eigenvalue weighted by Crippen LogP contribution is -2.33. The first-order chi connectivity index (χ1) is 12.6. The largest absolute Gasteiger partial charge is 0.487 e. The highest BCUT2D eigenvalue weighted by atomic mass is 16.5. The normalized spacial score (nSPS) is 15.0. The Kier molecular flexibility index (Phi) is 4.37. The summed E-state index contributed by atoms with van der Waals surface area (Å²) in [6.45, 7) is 4.49. The fourth-order valence-electron chi connectivity index (χ4n) is 3.11. The van der Waals surface area contributed by atoms with Gasteiger partial charge in [0.25, 0.3) is 5.91 Å². The summed E-state index contributed by atoms with van der Waals surface area (Å²) < 4.78 is 7.85. The van der Waals surface area contributed by atoms with E-state index in [9.17, 15) is 4.79 Å². The average Bonchev–Trinajstić information content (AvgIpc) is 3.41. The number of amides is 1. The molecule has 134 valence electrons. The molecule has 3 aromatic rings. The van der Waals surface area contributed by atoms with Crippen molar-refractivity contribution in [2.75, 3.05) is 0 Å². The summed E-state index contributed by atoms with van der Waals surface area (Å²) in [6, 6.07) is 11.6. The minimum Gasteiger partial charge on any atom is -0.487 e. The lowest BCUT2D eigenvalue weighted by atomic mass is 10.1. The van der Waals surface area contributed by atoms with Crippen LogP contribution in [0.1, 0.15) is 41.4 Å². The van der Waals surface area contributed by atoms with Gasteiger partial charge in [0.2, 0.25) is 0 Å². The number of carbonyl (C=O) groups excluding carboxylic acids is 1. The maximum atomic E-state index is 12.4. The van der Waals surface area contributed by atoms with Crippen molar-refractivity contribution in [1.29, 1.82) is 0 Å². The van der Waals surface area contributed by atoms with Gasteiger partial charge in [-0.05, 0) is 62.4 Å². The summed E-state index contributed by atoms with van der Waals surface area (Å²) in [5.41, 5.74) is 3.56. The molecule has 2 heterocycles. The van der Waals surface area contributed by atoms with Crippen molar-refractivity contribution in [3.05, 3.63) is 65.6 Å². The van der Waals surface area contributed by atoms with Gasteiger partial charge in [-0.15, -0.1) is 0 Å². The van der Waals surface area contributed by atoms with Gasteiger partial charge in [-0.1, -0.05) is 12.1 Å². The zero-order valence-corrected chi connectivity index (χ0v) is 15.1. The molecule has 0 radical (unpaired) electrons. The van der Waals surface area contributed by atoms with Gasteiger partial charge in [-0.3, -0.25) is 4.79 Å². The molecule has 0 spiro atoms. The van der Waals surface area contributed by atoms with Crippen molar-refractivity contribution in [2.45, 2.75) is 39.3 Å². The summed E-state index contributed by atoms with van der Waals surface area (Å²) in [7, 11) is 0. The molecule has 0 bridgehead atoms. The molecule has 1 aliphatic rings. The summed E-state index contributed by atoms with van der Waals surface area (Å²) in [5.74, 6) is 1.26. The first-order valence-electron chi connectivity index (χ1n) is 9.06. The van der Waals surface area contributed by atoms with Crippen molar-refractivity contribution in [3.63, 3.8) is 0 Å².